The third kappa shape index (κ3) is 3.54. The van der Waals surface area contributed by atoms with Crippen molar-refractivity contribution in [2.45, 2.75) is 0 Å². The van der Waals surface area contributed by atoms with E-state index in [2.05, 4.69) is 15.0 Å². The zero-order chi connectivity index (χ0) is 18.8. The SMILES string of the molecule is O=[N+]([O-])c1cc(C=Nc2ccc(-c3nc4ncccc4o3)cc2)ccc1Cl. The summed E-state index contributed by atoms with van der Waals surface area (Å²) in [5.74, 6) is 0.479. The van der Waals surface area contributed by atoms with Gasteiger partial charge in [0.05, 0.1) is 10.6 Å². The van der Waals surface area contributed by atoms with Crippen molar-refractivity contribution in [1.82, 2.24) is 9.97 Å². The van der Waals surface area contributed by atoms with Gasteiger partial charge in [-0.25, -0.2) is 4.98 Å². The van der Waals surface area contributed by atoms with Crippen LogP contribution in [-0.2, 0) is 0 Å². The molecule has 0 N–H and O–H groups in total. The van der Waals surface area contributed by atoms with E-state index in [1.807, 2.05) is 18.2 Å². The van der Waals surface area contributed by atoms with Crippen molar-refractivity contribution in [1.29, 1.82) is 0 Å². The molecule has 0 atom stereocenters. The molecule has 7 nitrogen and oxygen atoms in total. The molecule has 0 saturated heterocycles. The molecule has 4 rings (SSSR count). The van der Waals surface area contributed by atoms with Crippen LogP contribution in [-0.4, -0.2) is 21.1 Å². The van der Waals surface area contributed by atoms with E-state index in [0.717, 1.165) is 5.56 Å². The molecule has 27 heavy (non-hydrogen) atoms. The van der Waals surface area contributed by atoms with Crippen LogP contribution >= 0.6 is 11.6 Å². The van der Waals surface area contributed by atoms with Crippen LogP contribution in [0.5, 0.6) is 0 Å². The van der Waals surface area contributed by atoms with Gasteiger partial charge in [-0.3, -0.25) is 15.1 Å². The number of nitro benzene ring substituents is 1. The predicted octanol–water partition coefficient (Wildman–Crippen LogP) is 5.20. The summed E-state index contributed by atoms with van der Waals surface area (Å²) in [5, 5.41) is 11.0. The van der Waals surface area contributed by atoms with Gasteiger partial charge in [-0.2, -0.15) is 4.98 Å². The van der Waals surface area contributed by atoms with E-state index >= 15 is 0 Å². The number of halogens is 1. The maximum Gasteiger partial charge on any atom is 0.288 e. The van der Waals surface area contributed by atoms with E-state index in [1.165, 1.54) is 12.1 Å². The van der Waals surface area contributed by atoms with E-state index < -0.39 is 4.92 Å². The quantitative estimate of drug-likeness (QED) is 0.276. The van der Waals surface area contributed by atoms with Gasteiger partial charge in [0.1, 0.15) is 5.02 Å². The van der Waals surface area contributed by atoms with Gasteiger partial charge in [-0.1, -0.05) is 17.7 Å². The van der Waals surface area contributed by atoms with Crippen molar-refractivity contribution in [2.24, 2.45) is 4.99 Å². The summed E-state index contributed by atoms with van der Waals surface area (Å²) in [6.07, 6.45) is 3.20. The van der Waals surface area contributed by atoms with Crippen molar-refractivity contribution >= 4 is 40.4 Å². The lowest BCUT2D eigenvalue weighted by molar-refractivity contribution is -0.384. The summed E-state index contributed by atoms with van der Waals surface area (Å²) in [5.41, 5.74) is 3.10. The molecule has 2 heterocycles. The molecule has 0 saturated carbocycles. The number of fused-ring (bicyclic) bond motifs is 1. The zero-order valence-electron chi connectivity index (χ0n) is 13.7. The zero-order valence-corrected chi connectivity index (χ0v) is 14.5. The topological polar surface area (TPSA) is 94.4 Å². The van der Waals surface area contributed by atoms with Crippen LogP contribution in [0.3, 0.4) is 0 Å². The lowest BCUT2D eigenvalue weighted by Gasteiger charge is -1.98. The first kappa shape index (κ1) is 16.9. The molecular formula is C19H11ClN4O3. The Balaban J connectivity index is 1.56. The number of rotatable bonds is 4. The number of benzene rings is 2. The van der Waals surface area contributed by atoms with E-state index in [-0.39, 0.29) is 10.7 Å². The number of nitrogens with zero attached hydrogens (tertiary/aromatic N) is 4. The summed E-state index contributed by atoms with van der Waals surface area (Å²) in [6.45, 7) is 0. The van der Waals surface area contributed by atoms with E-state index in [1.54, 1.807) is 36.7 Å². The summed E-state index contributed by atoms with van der Waals surface area (Å²) in [4.78, 5) is 23.2. The Morgan fingerprint density at radius 3 is 2.70 bits per heavy atom. The summed E-state index contributed by atoms with van der Waals surface area (Å²) in [6, 6.07) is 15.4. The molecule has 8 heteroatoms. The van der Waals surface area contributed by atoms with E-state index in [4.69, 9.17) is 16.0 Å². The second-order valence-corrected chi connectivity index (χ2v) is 6.02. The third-order valence-corrected chi connectivity index (χ3v) is 4.13. The lowest BCUT2D eigenvalue weighted by atomic mass is 10.2. The predicted molar refractivity (Wildman–Crippen MR) is 103 cm³/mol. The van der Waals surface area contributed by atoms with Crippen LogP contribution in [0, 0.1) is 10.1 Å². The highest BCUT2D eigenvalue weighted by Gasteiger charge is 2.12. The highest BCUT2D eigenvalue weighted by molar-refractivity contribution is 6.32. The Hall–Kier alpha value is -3.58. The van der Waals surface area contributed by atoms with Crippen LogP contribution in [0.2, 0.25) is 5.02 Å². The van der Waals surface area contributed by atoms with E-state index in [9.17, 15) is 10.1 Å². The number of hydrogen-bond acceptors (Lipinski definition) is 6. The van der Waals surface area contributed by atoms with Gasteiger partial charge in [-0.05, 0) is 48.0 Å². The molecule has 0 amide bonds. The first-order chi connectivity index (χ1) is 13.1. The molecular weight excluding hydrogens is 368 g/mol. The molecule has 4 aromatic rings. The molecule has 2 aromatic heterocycles. The number of oxazole rings is 1. The maximum absolute atomic E-state index is 10.9. The molecule has 0 radical (unpaired) electrons. The molecule has 0 aliphatic carbocycles. The standard InChI is InChI=1S/C19H11ClN4O3/c20-15-8-3-12(10-16(15)24(25)26)11-22-14-6-4-13(5-7-14)19-23-18-17(27-19)2-1-9-21-18/h1-11H. The Labute approximate surface area is 158 Å². The summed E-state index contributed by atoms with van der Waals surface area (Å²) in [7, 11) is 0. The number of hydrogen-bond donors (Lipinski definition) is 0. The molecule has 0 fully saturated rings. The lowest BCUT2D eigenvalue weighted by Crippen LogP contribution is -1.91. The molecule has 0 aliphatic heterocycles. The fourth-order valence-corrected chi connectivity index (χ4v) is 2.67. The van der Waals surface area contributed by atoms with Crippen LogP contribution < -0.4 is 0 Å². The van der Waals surface area contributed by atoms with Crippen molar-refractivity contribution in [3.05, 3.63) is 81.5 Å². The van der Waals surface area contributed by atoms with Crippen LogP contribution in [0.25, 0.3) is 22.7 Å². The van der Waals surface area contributed by atoms with Gasteiger partial charge in [-0.15, -0.1) is 0 Å². The van der Waals surface area contributed by atoms with Crippen molar-refractivity contribution in [2.75, 3.05) is 0 Å². The Morgan fingerprint density at radius 1 is 1.15 bits per heavy atom. The molecule has 2 aromatic carbocycles. The van der Waals surface area contributed by atoms with Crippen LogP contribution in [0.15, 0.2) is 70.2 Å². The largest absolute Gasteiger partial charge is 0.434 e. The van der Waals surface area contributed by atoms with Gasteiger partial charge in [0.2, 0.25) is 5.89 Å². The minimum atomic E-state index is -0.524. The van der Waals surface area contributed by atoms with E-state index in [0.29, 0.717) is 28.4 Å². The number of nitro groups is 1. The second kappa shape index (κ2) is 6.97. The van der Waals surface area contributed by atoms with Gasteiger partial charge in [0.15, 0.2) is 11.2 Å². The Bertz CT molecular complexity index is 1140. The van der Waals surface area contributed by atoms with Crippen LogP contribution in [0.4, 0.5) is 11.4 Å². The second-order valence-electron chi connectivity index (χ2n) is 5.62. The van der Waals surface area contributed by atoms with Crippen molar-refractivity contribution in [3.8, 4) is 11.5 Å². The average Bonchev–Trinajstić information content (AvgIpc) is 3.12. The van der Waals surface area contributed by atoms with Crippen molar-refractivity contribution in [3.63, 3.8) is 0 Å². The maximum atomic E-state index is 10.9. The molecule has 132 valence electrons. The fraction of sp³-hybridized carbons (Fsp3) is 0. The van der Waals surface area contributed by atoms with Crippen molar-refractivity contribution < 1.29 is 9.34 Å². The minimum Gasteiger partial charge on any atom is -0.434 e. The average molecular weight is 379 g/mol. The third-order valence-electron chi connectivity index (χ3n) is 3.81. The first-order valence-corrected chi connectivity index (χ1v) is 8.28. The number of aromatic nitrogens is 2. The van der Waals surface area contributed by atoms with Gasteiger partial charge < -0.3 is 4.42 Å². The normalized spacial score (nSPS) is 11.3. The Kier molecular flexibility index (Phi) is 4.35. The fourth-order valence-electron chi connectivity index (χ4n) is 2.48. The minimum absolute atomic E-state index is 0.0920. The summed E-state index contributed by atoms with van der Waals surface area (Å²) < 4.78 is 5.68. The van der Waals surface area contributed by atoms with Gasteiger partial charge >= 0.3 is 0 Å². The van der Waals surface area contributed by atoms with Gasteiger partial charge in [0.25, 0.3) is 5.69 Å². The molecule has 0 unspecified atom stereocenters. The molecule has 0 bridgehead atoms. The van der Waals surface area contributed by atoms with Crippen LogP contribution in [0.1, 0.15) is 5.56 Å². The highest BCUT2D eigenvalue weighted by Crippen LogP contribution is 2.26. The molecule has 0 spiro atoms. The van der Waals surface area contributed by atoms with Gasteiger partial charge in [0, 0.05) is 24.0 Å². The first-order valence-electron chi connectivity index (χ1n) is 7.90. The highest BCUT2D eigenvalue weighted by atomic mass is 35.5. The smallest absolute Gasteiger partial charge is 0.288 e. The molecule has 0 aliphatic rings. The number of aliphatic imine (C=N–C) groups is 1. The summed E-state index contributed by atoms with van der Waals surface area (Å²) >= 11 is 5.81. The number of pyridine rings is 1. The Morgan fingerprint density at radius 2 is 1.96 bits per heavy atom. The monoisotopic (exact) mass is 378 g/mol.